The molecule has 2 aromatic carbocycles. The topological polar surface area (TPSA) is 65.3 Å². The Labute approximate surface area is 172 Å². The van der Waals surface area contributed by atoms with Crippen LogP contribution < -0.4 is 5.32 Å². The molecule has 0 aliphatic carbocycles. The molecular formula is C23H20FN3O3. The van der Waals surface area contributed by atoms with Crippen molar-refractivity contribution in [2.75, 3.05) is 12.4 Å². The lowest BCUT2D eigenvalue weighted by molar-refractivity contribution is -0.116. The van der Waals surface area contributed by atoms with Crippen molar-refractivity contribution in [3.05, 3.63) is 83.9 Å². The van der Waals surface area contributed by atoms with E-state index in [-0.39, 0.29) is 24.0 Å². The molecule has 0 unspecified atom stereocenters. The zero-order valence-corrected chi connectivity index (χ0v) is 16.6. The lowest BCUT2D eigenvalue weighted by Gasteiger charge is -2.11. The monoisotopic (exact) mass is 405 g/mol. The van der Waals surface area contributed by atoms with Crippen LogP contribution in [0.3, 0.4) is 0 Å². The zero-order valence-electron chi connectivity index (χ0n) is 16.6. The fourth-order valence-corrected chi connectivity index (χ4v) is 3.46. The number of carbonyl (C=O) groups excluding carboxylic acids is 2. The fourth-order valence-electron chi connectivity index (χ4n) is 3.46. The second kappa shape index (κ2) is 7.87. The van der Waals surface area contributed by atoms with E-state index in [9.17, 15) is 14.0 Å². The number of esters is 1. The van der Waals surface area contributed by atoms with E-state index in [0.717, 1.165) is 16.9 Å². The average Bonchev–Trinajstić information content (AvgIpc) is 3.30. The minimum absolute atomic E-state index is 0.0598. The number of anilines is 1. The molecule has 0 radical (unpaired) electrons. The van der Waals surface area contributed by atoms with E-state index >= 15 is 0 Å². The lowest BCUT2D eigenvalue weighted by Crippen LogP contribution is -2.22. The van der Waals surface area contributed by atoms with Crippen LogP contribution in [-0.4, -0.2) is 28.1 Å². The molecule has 0 aliphatic rings. The molecule has 0 saturated heterocycles. The fraction of sp³-hybridized carbons (Fsp3) is 0.130. The summed E-state index contributed by atoms with van der Waals surface area (Å²) in [4.78, 5) is 25.1. The number of carbonyl (C=O) groups is 2. The van der Waals surface area contributed by atoms with Crippen LogP contribution >= 0.6 is 0 Å². The Bertz CT molecular complexity index is 1240. The van der Waals surface area contributed by atoms with Crippen molar-refractivity contribution in [3.8, 4) is 5.69 Å². The predicted octanol–water partition coefficient (Wildman–Crippen LogP) is 4.30. The third kappa shape index (κ3) is 3.57. The van der Waals surface area contributed by atoms with Gasteiger partial charge in [0.25, 0.3) is 0 Å². The Hall–Kier alpha value is -3.87. The second-order valence-electron chi connectivity index (χ2n) is 6.90. The van der Waals surface area contributed by atoms with Crippen molar-refractivity contribution in [2.24, 2.45) is 0 Å². The van der Waals surface area contributed by atoms with Crippen molar-refractivity contribution < 1.29 is 18.7 Å². The highest BCUT2D eigenvalue weighted by molar-refractivity contribution is 5.98. The van der Waals surface area contributed by atoms with E-state index < -0.39 is 5.97 Å². The molecule has 0 fully saturated rings. The van der Waals surface area contributed by atoms with Crippen LogP contribution in [0.1, 0.15) is 16.1 Å². The summed E-state index contributed by atoms with van der Waals surface area (Å²) in [6.45, 7) is 1.85. The van der Waals surface area contributed by atoms with Gasteiger partial charge in [0.1, 0.15) is 18.1 Å². The summed E-state index contributed by atoms with van der Waals surface area (Å²) in [6, 6.07) is 17.0. The summed E-state index contributed by atoms with van der Waals surface area (Å²) in [7, 11) is 1.30. The van der Waals surface area contributed by atoms with Crippen molar-refractivity contribution in [1.82, 2.24) is 9.13 Å². The number of amides is 1. The van der Waals surface area contributed by atoms with Gasteiger partial charge in [-0.2, -0.15) is 0 Å². The summed E-state index contributed by atoms with van der Waals surface area (Å²) >= 11 is 0. The van der Waals surface area contributed by atoms with Crippen molar-refractivity contribution >= 4 is 28.6 Å². The van der Waals surface area contributed by atoms with Crippen molar-refractivity contribution in [3.63, 3.8) is 0 Å². The van der Waals surface area contributed by atoms with Crippen LogP contribution in [0.25, 0.3) is 16.7 Å². The van der Waals surface area contributed by atoms with Gasteiger partial charge < -0.3 is 19.2 Å². The lowest BCUT2D eigenvalue weighted by atomic mass is 10.2. The smallest absolute Gasteiger partial charge is 0.354 e. The van der Waals surface area contributed by atoms with Crippen LogP contribution in [0.4, 0.5) is 10.1 Å². The van der Waals surface area contributed by atoms with Gasteiger partial charge in [0.05, 0.1) is 18.1 Å². The van der Waals surface area contributed by atoms with Crippen LogP contribution in [0.15, 0.2) is 66.9 Å². The number of halogens is 1. The van der Waals surface area contributed by atoms with Crippen LogP contribution in [0, 0.1) is 12.7 Å². The van der Waals surface area contributed by atoms with E-state index in [4.69, 9.17) is 4.74 Å². The van der Waals surface area contributed by atoms with Gasteiger partial charge in [-0.1, -0.05) is 18.2 Å². The first-order valence-corrected chi connectivity index (χ1v) is 9.38. The molecule has 2 aromatic heterocycles. The van der Waals surface area contributed by atoms with Gasteiger partial charge in [0, 0.05) is 17.6 Å². The van der Waals surface area contributed by atoms with E-state index in [1.807, 2.05) is 48.0 Å². The van der Waals surface area contributed by atoms with Gasteiger partial charge in [-0.05, 0) is 55.0 Å². The van der Waals surface area contributed by atoms with Gasteiger partial charge in [-0.25, -0.2) is 9.18 Å². The predicted molar refractivity (Wildman–Crippen MR) is 112 cm³/mol. The molecule has 0 atom stereocenters. The highest BCUT2D eigenvalue weighted by atomic mass is 19.1. The zero-order chi connectivity index (χ0) is 21.3. The molecule has 1 N–H and O–H groups in total. The maximum Gasteiger partial charge on any atom is 0.354 e. The molecule has 4 aromatic rings. The summed E-state index contributed by atoms with van der Waals surface area (Å²) in [5.74, 6) is -1.13. The first-order valence-electron chi connectivity index (χ1n) is 9.38. The number of benzene rings is 2. The molecule has 0 spiro atoms. The molecule has 1 amide bonds. The summed E-state index contributed by atoms with van der Waals surface area (Å²) in [6.07, 6.45) is 1.81. The highest BCUT2D eigenvalue weighted by Gasteiger charge is 2.21. The number of rotatable bonds is 5. The maximum absolute atomic E-state index is 13.3. The Morgan fingerprint density at radius 1 is 1.03 bits per heavy atom. The SMILES string of the molecule is COC(=O)c1cc2c(ccn2-c2ccc(F)cc2)n1CC(=O)Nc1ccccc1C. The average molecular weight is 405 g/mol. The first kappa shape index (κ1) is 19.4. The van der Waals surface area contributed by atoms with Crippen molar-refractivity contribution in [1.29, 1.82) is 0 Å². The molecule has 6 nitrogen and oxygen atoms in total. The van der Waals surface area contributed by atoms with Crippen LogP contribution in [0.2, 0.25) is 0 Å². The molecular weight excluding hydrogens is 385 g/mol. The molecule has 30 heavy (non-hydrogen) atoms. The second-order valence-corrected chi connectivity index (χ2v) is 6.90. The number of aromatic nitrogens is 2. The number of ether oxygens (including phenoxy) is 1. The number of fused-ring (bicyclic) bond motifs is 1. The standard InChI is InChI=1S/C23H20FN3O3/c1-15-5-3-4-6-18(15)25-22(28)14-27-19-11-12-26(17-9-7-16(24)8-10-17)20(19)13-21(27)23(29)30-2/h3-13H,14H2,1-2H3,(H,25,28). The van der Waals surface area contributed by atoms with Gasteiger partial charge in [0.15, 0.2) is 0 Å². The number of para-hydroxylation sites is 1. The van der Waals surface area contributed by atoms with Gasteiger partial charge in [0.2, 0.25) is 5.91 Å². The van der Waals surface area contributed by atoms with Crippen LogP contribution in [-0.2, 0) is 16.1 Å². The van der Waals surface area contributed by atoms with E-state index in [1.54, 1.807) is 22.8 Å². The van der Waals surface area contributed by atoms with E-state index in [0.29, 0.717) is 11.0 Å². The summed E-state index contributed by atoms with van der Waals surface area (Å²) < 4.78 is 21.6. The van der Waals surface area contributed by atoms with Gasteiger partial charge >= 0.3 is 5.97 Å². The third-order valence-electron chi connectivity index (χ3n) is 4.98. The van der Waals surface area contributed by atoms with E-state index in [1.165, 1.54) is 19.2 Å². The first-order chi connectivity index (χ1) is 14.5. The Morgan fingerprint density at radius 2 is 1.77 bits per heavy atom. The maximum atomic E-state index is 13.3. The number of hydrogen-bond donors (Lipinski definition) is 1. The summed E-state index contributed by atoms with van der Waals surface area (Å²) in [5.41, 5.74) is 4.07. The van der Waals surface area contributed by atoms with Crippen LogP contribution in [0.5, 0.6) is 0 Å². The quantitative estimate of drug-likeness (QED) is 0.504. The number of nitrogens with zero attached hydrogens (tertiary/aromatic N) is 2. The van der Waals surface area contributed by atoms with E-state index in [2.05, 4.69) is 5.32 Å². The van der Waals surface area contributed by atoms with Crippen molar-refractivity contribution in [2.45, 2.75) is 13.5 Å². The highest BCUT2D eigenvalue weighted by Crippen LogP contribution is 2.26. The normalized spacial score (nSPS) is 10.9. The minimum atomic E-state index is -0.541. The minimum Gasteiger partial charge on any atom is -0.464 e. The molecule has 0 bridgehead atoms. The Balaban J connectivity index is 1.72. The molecule has 2 heterocycles. The Kier molecular flexibility index (Phi) is 5.10. The van der Waals surface area contributed by atoms with Gasteiger partial charge in [-0.3, -0.25) is 4.79 Å². The largest absolute Gasteiger partial charge is 0.464 e. The van der Waals surface area contributed by atoms with Gasteiger partial charge in [-0.15, -0.1) is 0 Å². The Morgan fingerprint density at radius 3 is 2.47 bits per heavy atom. The molecule has 152 valence electrons. The number of nitrogens with one attached hydrogen (secondary N) is 1. The third-order valence-corrected chi connectivity index (χ3v) is 4.98. The number of aryl methyl sites for hydroxylation is 1. The number of hydrogen-bond acceptors (Lipinski definition) is 3. The summed E-state index contributed by atoms with van der Waals surface area (Å²) in [5, 5.41) is 2.88. The molecule has 0 saturated carbocycles. The number of methoxy groups -OCH3 is 1. The molecule has 0 aliphatic heterocycles. The molecule has 4 rings (SSSR count). The molecule has 7 heteroatoms.